The van der Waals surface area contributed by atoms with E-state index in [0.717, 1.165) is 33.5 Å². The van der Waals surface area contributed by atoms with Crippen LogP contribution in [0.5, 0.6) is 11.5 Å². The quantitative estimate of drug-likeness (QED) is 0.561. The number of ether oxygens (including phenoxy) is 2. The van der Waals surface area contributed by atoms with E-state index in [-0.39, 0.29) is 0 Å². The average molecular weight is 351 g/mol. The largest absolute Gasteiger partial charge is 0.486 e. The minimum atomic E-state index is 0.577. The second kappa shape index (κ2) is 6.94. The van der Waals surface area contributed by atoms with Crippen molar-refractivity contribution in [2.45, 2.75) is 6.92 Å². The fraction of sp³-hybridized carbons (Fsp3) is 0.158. The number of aryl methyl sites for hydroxylation is 1. The number of hydrogen-bond donors (Lipinski definition) is 1. The highest BCUT2D eigenvalue weighted by molar-refractivity contribution is 7.14. The number of hydrazone groups is 1. The molecule has 0 spiro atoms. The summed E-state index contributed by atoms with van der Waals surface area (Å²) in [5, 5.41) is 6.99. The van der Waals surface area contributed by atoms with Crippen LogP contribution in [0.2, 0.25) is 0 Å². The molecule has 25 heavy (non-hydrogen) atoms. The van der Waals surface area contributed by atoms with E-state index in [1.807, 2.05) is 35.7 Å². The van der Waals surface area contributed by atoms with E-state index in [9.17, 15) is 0 Å². The standard InChI is InChI=1S/C19H17N3O2S/c1-13-2-4-14(5-3-13)11-20-22-19-21-16(12-25-19)15-6-7-17-18(10-15)24-9-8-23-17/h2-7,10-12H,8-9H2,1H3,(H,21,22). The van der Waals surface area contributed by atoms with Crippen molar-refractivity contribution < 1.29 is 9.47 Å². The molecule has 2 heterocycles. The van der Waals surface area contributed by atoms with E-state index in [1.165, 1.54) is 16.9 Å². The minimum absolute atomic E-state index is 0.577. The maximum Gasteiger partial charge on any atom is 0.203 e. The molecule has 0 atom stereocenters. The van der Waals surface area contributed by atoms with Crippen molar-refractivity contribution >= 4 is 22.7 Å². The van der Waals surface area contributed by atoms with Gasteiger partial charge in [-0.1, -0.05) is 29.8 Å². The summed E-state index contributed by atoms with van der Waals surface area (Å²) in [5.74, 6) is 1.55. The lowest BCUT2D eigenvalue weighted by atomic mass is 10.1. The zero-order valence-electron chi connectivity index (χ0n) is 13.7. The number of aromatic nitrogens is 1. The SMILES string of the molecule is Cc1ccc(C=NNc2nc(-c3ccc4c(c3)OCCO4)cs2)cc1. The molecule has 126 valence electrons. The van der Waals surface area contributed by atoms with Crippen molar-refractivity contribution in [3.05, 3.63) is 59.0 Å². The summed E-state index contributed by atoms with van der Waals surface area (Å²) in [7, 11) is 0. The fourth-order valence-electron chi connectivity index (χ4n) is 2.47. The van der Waals surface area contributed by atoms with Gasteiger partial charge in [-0.15, -0.1) is 11.3 Å². The Hall–Kier alpha value is -2.86. The van der Waals surface area contributed by atoms with Crippen LogP contribution in [0.15, 0.2) is 52.9 Å². The van der Waals surface area contributed by atoms with Gasteiger partial charge in [0.15, 0.2) is 11.5 Å². The van der Waals surface area contributed by atoms with Crippen LogP contribution in [0.4, 0.5) is 5.13 Å². The van der Waals surface area contributed by atoms with Gasteiger partial charge in [0.05, 0.1) is 11.9 Å². The number of benzene rings is 2. The van der Waals surface area contributed by atoms with Crippen molar-refractivity contribution in [2.24, 2.45) is 5.10 Å². The molecule has 0 saturated heterocycles. The molecule has 1 N–H and O–H groups in total. The second-order valence-electron chi connectivity index (χ2n) is 5.68. The van der Waals surface area contributed by atoms with E-state index >= 15 is 0 Å². The highest BCUT2D eigenvalue weighted by Crippen LogP contribution is 2.35. The molecule has 3 aromatic rings. The lowest BCUT2D eigenvalue weighted by Crippen LogP contribution is -2.15. The molecule has 6 heteroatoms. The molecule has 4 rings (SSSR count). The van der Waals surface area contributed by atoms with Crippen LogP contribution in [0.25, 0.3) is 11.3 Å². The first-order valence-corrected chi connectivity index (χ1v) is 8.87. The Morgan fingerprint density at radius 1 is 1.08 bits per heavy atom. The zero-order valence-corrected chi connectivity index (χ0v) is 14.5. The van der Waals surface area contributed by atoms with Gasteiger partial charge in [0, 0.05) is 10.9 Å². The predicted molar refractivity (Wildman–Crippen MR) is 101 cm³/mol. The van der Waals surface area contributed by atoms with Crippen molar-refractivity contribution in [3.63, 3.8) is 0 Å². The van der Waals surface area contributed by atoms with Crippen molar-refractivity contribution in [1.82, 2.24) is 4.98 Å². The topological polar surface area (TPSA) is 55.7 Å². The first kappa shape index (κ1) is 15.7. The summed E-state index contributed by atoms with van der Waals surface area (Å²) in [6.07, 6.45) is 1.78. The third kappa shape index (κ3) is 3.64. The minimum Gasteiger partial charge on any atom is -0.486 e. The van der Waals surface area contributed by atoms with Crippen LogP contribution in [0, 0.1) is 6.92 Å². The number of nitrogens with zero attached hydrogens (tertiary/aromatic N) is 2. The Bertz CT molecular complexity index is 903. The van der Waals surface area contributed by atoms with Crippen LogP contribution < -0.4 is 14.9 Å². The number of fused-ring (bicyclic) bond motifs is 1. The molecule has 2 aromatic carbocycles. The molecular weight excluding hydrogens is 334 g/mol. The summed E-state index contributed by atoms with van der Waals surface area (Å²) < 4.78 is 11.2. The Morgan fingerprint density at radius 2 is 1.88 bits per heavy atom. The van der Waals surface area contributed by atoms with Gasteiger partial charge in [0.1, 0.15) is 13.2 Å². The van der Waals surface area contributed by atoms with Crippen molar-refractivity contribution in [3.8, 4) is 22.8 Å². The van der Waals surface area contributed by atoms with Gasteiger partial charge in [-0.25, -0.2) is 4.98 Å². The van der Waals surface area contributed by atoms with Crippen LogP contribution in [0.3, 0.4) is 0 Å². The Morgan fingerprint density at radius 3 is 2.72 bits per heavy atom. The molecule has 0 fully saturated rings. The highest BCUT2D eigenvalue weighted by Gasteiger charge is 2.13. The number of hydrogen-bond acceptors (Lipinski definition) is 6. The molecule has 1 aliphatic rings. The second-order valence-corrected chi connectivity index (χ2v) is 6.54. The third-order valence-electron chi connectivity index (χ3n) is 3.79. The lowest BCUT2D eigenvalue weighted by Gasteiger charge is -2.18. The first-order valence-electron chi connectivity index (χ1n) is 7.99. The molecular formula is C19H17N3O2S. The highest BCUT2D eigenvalue weighted by atomic mass is 32.1. The molecule has 1 aliphatic heterocycles. The number of nitrogens with one attached hydrogen (secondary N) is 1. The van der Waals surface area contributed by atoms with Gasteiger partial charge in [0.25, 0.3) is 0 Å². The molecule has 1 aromatic heterocycles. The van der Waals surface area contributed by atoms with Gasteiger partial charge in [-0.05, 0) is 30.7 Å². The van der Waals surface area contributed by atoms with Crippen LogP contribution in [-0.4, -0.2) is 24.4 Å². The predicted octanol–water partition coefficient (Wildman–Crippen LogP) is 4.34. The number of rotatable bonds is 4. The van der Waals surface area contributed by atoms with Gasteiger partial charge in [-0.3, -0.25) is 5.43 Å². The Labute approximate surface area is 150 Å². The number of anilines is 1. The van der Waals surface area contributed by atoms with Crippen molar-refractivity contribution in [1.29, 1.82) is 0 Å². The Kier molecular flexibility index (Phi) is 4.35. The van der Waals surface area contributed by atoms with Crippen molar-refractivity contribution in [2.75, 3.05) is 18.6 Å². The molecule has 0 amide bonds. The molecule has 0 bridgehead atoms. The summed E-state index contributed by atoms with van der Waals surface area (Å²) >= 11 is 1.51. The van der Waals surface area contributed by atoms with E-state index < -0.39 is 0 Å². The maximum absolute atomic E-state index is 5.63. The normalized spacial score (nSPS) is 13.2. The van der Waals surface area contributed by atoms with E-state index in [4.69, 9.17) is 9.47 Å². The van der Waals surface area contributed by atoms with Gasteiger partial charge >= 0.3 is 0 Å². The fourth-order valence-corrected chi connectivity index (χ4v) is 3.14. The molecule has 0 aliphatic carbocycles. The lowest BCUT2D eigenvalue weighted by molar-refractivity contribution is 0.171. The molecule has 0 saturated carbocycles. The molecule has 0 radical (unpaired) electrons. The van der Waals surface area contributed by atoms with E-state index in [0.29, 0.717) is 13.2 Å². The van der Waals surface area contributed by atoms with E-state index in [2.05, 4.69) is 34.6 Å². The maximum atomic E-state index is 5.63. The van der Waals surface area contributed by atoms with Gasteiger partial charge in [-0.2, -0.15) is 5.10 Å². The Balaban J connectivity index is 1.46. The third-order valence-corrected chi connectivity index (χ3v) is 4.54. The van der Waals surface area contributed by atoms with Gasteiger partial charge in [0.2, 0.25) is 5.13 Å². The molecule has 0 unspecified atom stereocenters. The zero-order chi connectivity index (χ0) is 17.1. The summed E-state index contributed by atoms with van der Waals surface area (Å²) in [6, 6.07) is 14.1. The summed E-state index contributed by atoms with van der Waals surface area (Å²) in [5.41, 5.74) is 7.14. The van der Waals surface area contributed by atoms with Crippen LogP contribution in [-0.2, 0) is 0 Å². The van der Waals surface area contributed by atoms with Crippen LogP contribution in [0.1, 0.15) is 11.1 Å². The summed E-state index contributed by atoms with van der Waals surface area (Å²) in [6.45, 7) is 3.23. The van der Waals surface area contributed by atoms with Gasteiger partial charge < -0.3 is 9.47 Å². The van der Waals surface area contributed by atoms with Crippen LogP contribution >= 0.6 is 11.3 Å². The molecule has 5 nitrogen and oxygen atoms in total. The first-order chi connectivity index (χ1) is 12.3. The van der Waals surface area contributed by atoms with E-state index in [1.54, 1.807) is 6.21 Å². The summed E-state index contributed by atoms with van der Waals surface area (Å²) in [4.78, 5) is 4.57. The number of thiazole rings is 1. The monoisotopic (exact) mass is 351 g/mol. The average Bonchev–Trinajstić information content (AvgIpc) is 3.12. The smallest absolute Gasteiger partial charge is 0.203 e.